The second kappa shape index (κ2) is 9.49. The van der Waals surface area contributed by atoms with Crippen molar-refractivity contribution in [3.8, 4) is 5.75 Å². The van der Waals surface area contributed by atoms with Crippen LogP contribution in [0.3, 0.4) is 0 Å². The predicted octanol–water partition coefficient (Wildman–Crippen LogP) is 4.76. The Morgan fingerprint density at radius 3 is 2.48 bits per heavy atom. The molecular weight excluding hydrogens is 421 g/mol. The van der Waals surface area contributed by atoms with Crippen LogP contribution >= 0.6 is 0 Å². The van der Waals surface area contributed by atoms with Gasteiger partial charge in [-0.15, -0.1) is 0 Å². The Labute approximate surface area is 193 Å². The Hall–Kier alpha value is -2.96. The highest BCUT2D eigenvalue weighted by Crippen LogP contribution is 2.44. The van der Waals surface area contributed by atoms with Crippen LogP contribution < -0.4 is 4.74 Å². The molecule has 3 unspecified atom stereocenters. The van der Waals surface area contributed by atoms with E-state index < -0.39 is 17.4 Å². The van der Waals surface area contributed by atoms with Gasteiger partial charge < -0.3 is 19.5 Å². The van der Waals surface area contributed by atoms with Crippen molar-refractivity contribution in [2.75, 3.05) is 27.7 Å². The molecule has 0 heterocycles. The first-order valence-electron chi connectivity index (χ1n) is 11.2. The minimum absolute atomic E-state index is 0.122. The molecule has 6 heteroatoms. The van der Waals surface area contributed by atoms with Crippen molar-refractivity contribution in [3.05, 3.63) is 77.6 Å². The molecule has 0 bridgehead atoms. The van der Waals surface area contributed by atoms with Crippen molar-refractivity contribution in [1.82, 2.24) is 4.90 Å². The molecule has 0 radical (unpaired) electrons. The molecule has 33 heavy (non-hydrogen) atoms. The number of esters is 1. The largest absolute Gasteiger partial charge is 0.497 e. The summed E-state index contributed by atoms with van der Waals surface area (Å²) < 4.78 is 24.2. The van der Waals surface area contributed by atoms with E-state index in [9.17, 15) is 14.3 Å². The van der Waals surface area contributed by atoms with Gasteiger partial charge >= 0.3 is 5.97 Å². The SMILES string of the molecule is COc1ccc2cc(C3(O)CCC(OC(=O)c4ccc(F)cc4)CC3CN(C)C)ccc2c1. The Bertz CT molecular complexity index is 1130. The smallest absolute Gasteiger partial charge is 0.338 e. The minimum atomic E-state index is -1.03. The fraction of sp³-hybridized carbons (Fsp3) is 0.370. The molecule has 0 aromatic heterocycles. The Morgan fingerprint density at radius 2 is 1.79 bits per heavy atom. The number of nitrogens with zero attached hydrogens (tertiary/aromatic N) is 1. The Morgan fingerprint density at radius 1 is 1.09 bits per heavy atom. The van der Waals surface area contributed by atoms with Crippen molar-refractivity contribution in [2.24, 2.45) is 5.92 Å². The lowest BCUT2D eigenvalue weighted by molar-refractivity contribution is -0.0959. The van der Waals surface area contributed by atoms with Crippen LogP contribution in [0.15, 0.2) is 60.7 Å². The van der Waals surface area contributed by atoms with Crippen LogP contribution in [0.4, 0.5) is 4.39 Å². The van der Waals surface area contributed by atoms with Crippen LogP contribution in [0.25, 0.3) is 10.8 Å². The zero-order valence-electron chi connectivity index (χ0n) is 19.3. The number of hydrogen-bond donors (Lipinski definition) is 1. The number of methoxy groups -OCH3 is 1. The molecule has 1 aliphatic rings. The molecule has 3 aromatic carbocycles. The van der Waals surface area contributed by atoms with Crippen molar-refractivity contribution in [3.63, 3.8) is 0 Å². The average Bonchev–Trinajstić information content (AvgIpc) is 2.80. The summed E-state index contributed by atoms with van der Waals surface area (Å²) in [6, 6.07) is 17.3. The second-order valence-electron chi connectivity index (χ2n) is 9.12. The monoisotopic (exact) mass is 451 g/mol. The first kappa shape index (κ1) is 23.2. The number of rotatable bonds is 6. The maximum absolute atomic E-state index is 13.2. The van der Waals surface area contributed by atoms with Gasteiger partial charge in [-0.25, -0.2) is 9.18 Å². The highest BCUT2D eigenvalue weighted by molar-refractivity contribution is 5.89. The van der Waals surface area contributed by atoms with E-state index in [0.717, 1.165) is 22.1 Å². The molecule has 1 saturated carbocycles. The van der Waals surface area contributed by atoms with E-state index in [1.807, 2.05) is 55.4 Å². The lowest BCUT2D eigenvalue weighted by Gasteiger charge is -2.44. The van der Waals surface area contributed by atoms with Gasteiger partial charge in [0.15, 0.2) is 0 Å². The van der Waals surface area contributed by atoms with E-state index in [0.29, 0.717) is 31.4 Å². The fourth-order valence-corrected chi connectivity index (χ4v) is 4.79. The molecule has 1 N–H and O–H groups in total. The first-order valence-corrected chi connectivity index (χ1v) is 11.2. The number of carbonyl (C=O) groups is 1. The number of aliphatic hydroxyl groups is 1. The van der Waals surface area contributed by atoms with Crippen LogP contribution in [0, 0.1) is 11.7 Å². The molecule has 4 rings (SSSR count). The topological polar surface area (TPSA) is 59.0 Å². The third-order valence-corrected chi connectivity index (χ3v) is 6.56. The molecular formula is C27H30FNO4. The number of carbonyl (C=O) groups excluding carboxylic acids is 1. The molecule has 0 aliphatic heterocycles. The summed E-state index contributed by atoms with van der Waals surface area (Å²) in [5.74, 6) is -0.186. The number of benzene rings is 3. The quantitative estimate of drug-likeness (QED) is 0.548. The number of halogens is 1. The Balaban J connectivity index is 1.56. The molecule has 5 nitrogen and oxygen atoms in total. The molecule has 0 spiro atoms. The van der Waals surface area contributed by atoms with Crippen molar-refractivity contribution in [2.45, 2.75) is 31.0 Å². The van der Waals surface area contributed by atoms with Gasteiger partial charge in [0.05, 0.1) is 18.3 Å². The maximum Gasteiger partial charge on any atom is 0.338 e. The highest BCUT2D eigenvalue weighted by atomic mass is 19.1. The van der Waals surface area contributed by atoms with E-state index in [-0.39, 0.29) is 12.0 Å². The summed E-state index contributed by atoms with van der Waals surface area (Å²) in [5, 5.41) is 14.0. The predicted molar refractivity (Wildman–Crippen MR) is 126 cm³/mol. The zero-order valence-corrected chi connectivity index (χ0v) is 19.3. The number of ether oxygens (including phenoxy) is 2. The summed E-state index contributed by atoms with van der Waals surface area (Å²) in [6.45, 7) is 0.655. The normalized spacial score (nSPS) is 23.0. The second-order valence-corrected chi connectivity index (χ2v) is 9.12. The number of fused-ring (bicyclic) bond motifs is 1. The summed E-state index contributed by atoms with van der Waals surface area (Å²) in [7, 11) is 5.59. The molecule has 3 aromatic rings. The van der Waals surface area contributed by atoms with Crippen LogP contribution in [-0.4, -0.2) is 49.8 Å². The van der Waals surface area contributed by atoms with Gasteiger partial charge in [0.1, 0.15) is 17.7 Å². The fourth-order valence-electron chi connectivity index (χ4n) is 4.79. The molecule has 174 valence electrons. The summed E-state index contributed by atoms with van der Waals surface area (Å²) >= 11 is 0. The van der Waals surface area contributed by atoms with E-state index in [2.05, 4.69) is 0 Å². The van der Waals surface area contributed by atoms with Crippen molar-refractivity contribution < 1.29 is 23.8 Å². The molecule has 0 saturated heterocycles. The molecule has 1 aliphatic carbocycles. The van der Waals surface area contributed by atoms with E-state index in [4.69, 9.17) is 9.47 Å². The summed E-state index contributed by atoms with van der Waals surface area (Å²) in [6.07, 6.45) is 1.27. The van der Waals surface area contributed by atoms with Gasteiger partial charge in [0, 0.05) is 12.5 Å². The summed E-state index contributed by atoms with van der Waals surface area (Å²) in [5.41, 5.74) is 0.165. The zero-order chi connectivity index (χ0) is 23.6. The van der Waals surface area contributed by atoms with Gasteiger partial charge in [-0.1, -0.05) is 18.2 Å². The van der Waals surface area contributed by atoms with E-state index >= 15 is 0 Å². The van der Waals surface area contributed by atoms with E-state index in [1.54, 1.807) is 7.11 Å². The van der Waals surface area contributed by atoms with Gasteiger partial charge in [-0.2, -0.15) is 0 Å². The van der Waals surface area contributed by atoms with Crippen LogP contribution in [0.2, 0.25) is 0 Å². The molecule has 0 amide bonds. The maximum atomic E-state index is 13.2. The lowest BCUT2D eigenvalue weighted by Crippen LogP contribution is -2.47. The third-order valence-electron chi connectivity index (χ3n) is 6.56. The number of hydrogen-bond acceptors (Lipinski definition) is 5. The van der Waals surface area contributed by atoms with Crippen LogP contribution in [-0.2, 0) is 10.3 Å². The van der Waals surface area contributed by atoms with Crippen molar-refractivity contribution >= 4 is 16.7 Å². The van der Waals surface area contributed by atoms with Gasteiger partial charge in [-0.3, -0.25) is 0 Å². The average molecular weight is 452 g/mol. The van der Waals surface area contributed by atoms with Crippen LogP contribution in [0.1, 0.15) is 35.2 Å². The highest BCUT2D eigenvalue weighted by Gasteiger charge is 2.44. The minimum Gasteiger partial charge on any atom is -0.497 e. The molecule has 3 atom stereocenters. The first-order chi connectivity index (χ1) is 15.8. The lowest BCUT2D eigenvalue weighted by atomic mass is 9.70. The summed E-state index contributed by atoms with van der Waals surface area (Å²) in [4.78, 5) is 14.6. The van der Waals surface area contributed by atoms with Gasteiger partial charge in [-0.05, 0) is 92.2 Å². The van der Waals surface area contributed by atoms with E-state index in [1.165, 1.54) is 24.3 Å². The van der Waals surface area contributed by atoms with Crippen molar-refractivity contribution in [1.29, 1.82) is 0 Å². The van der Waals surface area contributed by atoms with Gasteiger partial charge in [0.25, 0.3) is 0 Å². The van der Waals surface area contributed by atoms with Gasteiger partial charge in [0.2, 0.25) is 0 Å². The molecule has 1 fully saturated rings. The van der Waals surface area contributed by atoms with Crippen LogP contribution in [0.5, 0.6) is 5.75 Å². The third kappa shape index (κ3) is 5.02. The Kier molecular flexibility index (Phi) is 6.68. The standard InChI is InChI=1S/C27H30FNO4/c1-29(2)17-22-16-25(33-26(30)18-5-9-23(28)10-6-18)12-13-27(22,31)21-8-4-20-15-24(32-3)11-7-19(20)14-21/h4-11,14-15,22,25,31H,12-13,16-17H2,1-3H3.